The Labute approximate surface area is 126 Å². The van der Waals surface area contributed by atoms with Crippen LogP contribution in [0.15, 0.2) is 0 Å². The lowest BCUT2D eigenvalue weighted by atomic mass is 10.2. The van der Waals surface area contributed by atoms with Crippen LogP contribution in [-0.2, 0) is 4.79 Å². The van der Waals surface area contributed by atoms with Gasteiger partial charge in [-0.2, -0.15) is 0 Å². The van der Waals surface area contributed by atoms with Gasteiger partial charge in [0.1, 0.15) is 23.5 Å². The van der Waals surface area contributed by atoms with Gasteiger partial charge in [0.2, 0.25) is 5.91 Å². The van der Waals surface area contributed by atoms with Crippen molar-refractivity contribution in [3.8, 4) is 0 Å². The van der Waals surface area contributed by atoms with Crippen LogP contribution in [0.2, 0.25) is 0 Å². The Balaban J connectivity index is 2.25. The summed E-state index contributed by atoms with van der Waals surface area (Å²) in [6.45, 7) is 6.81. The van der Waals surface area contributed by atoms with Gasteiger partial charge in [0.25, 0.3) is 0 Å². The third-order valence-corrected chi connectivity index (χ3v) is 3.64. The van der Waals surface area contributed by atoms with E-state index < -0.39 is 0 Å². The molecule has 6 nitrogen and oxygen atoms in total. The molecule has 3 N–H and O–H groups in total. The van der Waals surface area contributed by atoms with Crippen LogP contribution in [0, 0.1) is 6.92 Å². The number of nitrogens with one attached hydrogen (secondary N) is 3. The summed E-state index contributed by atoms with van der Waals surface area (Å²) in [5.74, 6) is 2.93. The molecule has 1 saturated carbocycles. The molecule has 1 unspecified atom stereocenters. The van der Waals surface area contributed by atoms with Crippen LogP contribution < -0.4 is 16.0 Å². The third-order valence-electron chi connectivity index (χ3n) is 3.64. The minimum Gasteiger partial charge on any atom is -0.370 e. The predicted octanol–water partition coefficient (Wildman–Crippen LogP) is 2.03. The van der Waals surface area contributed by atoms with Crippen LogP contribution in [0.25, 0.3) is 0 Å². The van der Waals surface area contributed by atoms with Crippen LogP contribution in [0.1, 0.15) is 50.4 Å². The SMILES string of the molecule is CCCNc1nc(C2CC2)nc(NC(C)C(=O)NC)c1C. The number of anilines is 2. The number of aromatic nitrogens is 2. The van der Waals surface area contributed by atoms with E-state index in [2.05, 4.69) is 32.8 Å². The summed E-state index contributed by atoms with van der Waals surface area (Å²) in [7, 11) is 1.64. The molecule has 1 heterocycles. The molecule has 1 aromatic rings. The summed E-state index contributed by atoms with van der Waals surface area (Å²) in [5.41, 5.74) is 0.962. The Hall–Kier alpha value is -1.85. The number of amides is 1. The van der Waals surface area contributed by atoms with Gasteiger partial charge in [-0.3, -0.25) is 4.79 Å². The van der Waals surface area contributed by atoms with E-state index in [0.717, 1.165) is 48.8 Å². The number of hydrogen-bond acceptors (Lipinski definition) is 5. The number of hydrogen-bond donors (Lipinski definition) is 3. The average Bonchev–Trinajstić information content (AvgIpc) is 3.31. The third kappa shape index (κ3) is 3.83. The first-order valence-corrected chi connectivity index (χ1v) is 7.67. The van der Waals surface area contributed by atoms with E-state index in [4.69, 9.17) is 0 Å². The monoisotopic (exact) mass is 291 g/mol. The molecule has 0 saturated heterocycles. The van der Waals surface area contributed by atoms with Gasteiger partial charge in [-0.05, 0) is 33.1 Å². The van der Waals surface area contributed by atoms with Gasteiger partial charge in [0.05, 0.1) is 0 Å². The fourth-order valence-corrected chi connectivity index (χ4v) is 2.10. The first-order chi connectivity index (χ1) is 10.1. The second-order valence-corrected chi connectivity index (χ2v) is 5.59. The lowest BCUT2D eigenvalue weighted by Gasteiger charge is -2.18. The summed E-state index contributed by atoms with van der Waals surface area (Å²) in [6.07, 6.45) is 3.35. The first kappa shape index (κ1) is 15.5. The van der Waals surface area contributed by atoms with Crippen molar-refractivity contribution in [3.05, 3.63) is 11.4 Å². The van der Waals surface area contributed by atoms with Gasteiger partial charge in [-0.1, -0.05) is 6.92 Å². The van der Waals surface area contributed by atoms with Crippen LogP contribution in [0.4, 0.5) is 11.6 Å². The summed E-state index contributed by atoms with van der Waals surface area (Å²) in [5, 5.41) is 9.19. The lowest BCUT2D eigenvalue weighted by Crippen LogP contribution is -2.35. The fraction of sp³-hybridized carbons (Fsp3) is 0.667. The minimum absolute atomic E-state index is 0.0518. The van der Waals surface area contributed by atoms with Crippen molar-refractivity contribution in [1.29, 1.82) is 0 Å². The van der Waals surface area contributed by atoms with Crippen molar-refractivity contribution in [2.75, 3.05) is 24.2 Å². The molecule has 1 fully saturated rings. The molecule has 21 heavy (non-hydrogen) atoms. The largest absolute Gasteiger partial charge is 0.370 e. The van der Waals surface area contributed by atoms with Gasteiger partial charge >= 0.3 is 0 Å². The maximum absolute atomic E-state index is 11.7. The maximum Gasteiger partial charge on any atom is 0.241 e. The van der Waals surface area contributed by atoms with Crippen LogP contribution in [0.5, 0.6) is 0 Å². The van der Waals surface area contributed by atoms with Crippen molar-refractivity contribution >= 4 is 17.5 Å². The highest BCUT2D eigenvalue weighted by atomic mass is 16.2. The highest BCUT2D eigenvalue weighted by Gasteiger charge is 2.28. The van der Waals surface area contributed by atoms with E-state index in [1.165, 1.54) is 0 Å². The molecule has 0 aliphatic heterocycles. The molecule has 116 valence electrons. The quantitative estimate of drug-likeness (QED) is 0.716. The Kier molecular flexibility index (Phi) is 4.98. The van der Waals surface area contributed by atoms with Crippen LogP contribution in [0.3, 0.4) is 0 Å². The van der Waals surface area contributed by atoms with Crippen molar-refractivity contribution in [2.24, 2.45) is 0 Å². The zero-order valence-corrected chi connectivity index (χ0v) is 13.3. The lowest BCUT2D eigenvalue weighted by molar-refractivity contribution is -0.121. The van der Waals surface area contributed by atoms with Gasteiger partial charge in [0, 0.05) is 25.1 Å². The smallest absolute Gasteiger partial charge is 0.241 e. The number of nitrogens with zero attached hydrogens (tertiary/aromatic N) is 2. The van der Waals surface area contributed by atoms with E-state index in [9.17, 15) is 4.79 Å². The van der Waals surface area contributed by atoms with Crippen molar-refractivity contribution < 1.29 is 4.79 Å². The molecule has 2 rings (SSSR count). The van der Waals surface area contributed by atoms with Crippen LogP contribution in [-0.4, -0.2) is 35.5 Å². The molecule has 1 atom stereocenters. The molecule has 0 bridgehead atoms. The molecular weight excluding hydrogens is 266 g/mol. The molecule has 1 aromatic heterocycles. The van der Waals surface area contributed by atoms with Crippen LogP contribution >= 0.6 is 0 Å². The molecule has 1 aliphatic carbocycles. The predicted molar refractivity (Wildman–Crippen MR) is 84.7 cm³/mol. The Morgan fingerprint density at radius 3 is 2.57 bits per heavy atom. The van der Waals surface area contributed by atoms with E-state index in [1.54, 1.807) is 7.05 Å². The van der Waals surface area contributed by atoms with E-state index in [-0.39, 0.29) is 11.9 Å². The van der Waals surface area contributed by atoms with E-state index in [0.29, 0.717) is 5.92 Å². The Bertz CT molecular complexity index is 513. The second-order valence-electron chi connectivity index (χ2n) is 5.59. The Morgan fingerprint density at radius 2 is 2.00 bits per heavy atom. The van der Waals surface area contributed by atoms with Gasteiger partial charge < -0.3 is 16.0 Å². The number of likely N-dealkylation sites (N-methyl/N-ethyl adjacent to an activating group) is 1. The number of carbonyl (C=O) groups is 1. The Morgan fingerprint density at radius 1 is 1.33 bits per heavy atom. The zero-order chi connectivity index (χ0) is 15.4. The van der Waals surface area contributed by atoms with E-state index >= 15 is 0 Å². The molecule has 0 aromatic carbocycles. The average molecular weight is 291 g/mol. The number of rotatable bonds is 7. The molecule has 0 spiro atoms. The minimum atomic E-state index is -0.324. The summed E-state index contributed by atoms with van der Waals surface area (Å²) < 4.78 is 0. The molecule has 6 heteroatoms. The standard InChI is InChI=1S/C15H25N5O/c1-5-8-17-12-9(2)13(18-10(3)15(21)16-4)20-14(19-12)11-6-7-11/h10-11H,5-8H2,1-4H3,(H,16,21)(H2,17,18,19,20). The summed E-state index contributed by atoms with van der Waals surface area (Å²) in [4.78, 5) is 20.9. The van der Waals surface area contributed by atoms with Gasteiger partial charge in [-0.25, -0.2) is 9.97 Å². The second kappa shape index (κ2) is 6.74. The van der Waals surface area contributed by atoms with Gasteiger partial charge in [0.15, 0.2) is 0 Å². The van der Waals surface area contributed by atoms with E-state index in [1.807, 2.05) is 13.8 Å². The molecule has 1 aliphatic rings. The highest BCUT2D eigenvalue weighted by molar-refractivity contribution is 5.84. The van der Waals surface area contributed by atoms with Crippen molar-refractivity contribution in [2.45, 2.75) is 52.0 Å². The molecular formula is C15H25N5O. The van der Waals surface area contributed by atoms with Gasteiger partial charge in [-0.15, -0.1) is 0 Å². The van der Waals surface area contributed by atoms with Crippen molar-refractivity contribution in [3.63, 3.8) is 0 Å². The highest BCUT2D eigenvalue weighted by Crippen LogP contribution is 2.39. The fourth-order valence-electron chi connectivity index (χ4n) is 2.10. The first-order valence-electron chi connectivity index (χ1n) is 7.67. The molecule has 0 radical (unpaired) electrons. The summed E-state index contributed by atoms with van der Waals surface area (Å²) in [6, 6.07) is -0.324. The maximum atomic E-state index is 11.7. The normalized spacial score (nSPS) is 15.4. The van der Waals surface area contributed by atoms with Crippen molar-refractivity contribution in [1.82, 2.24) is 15.3 Å². The number of carbonyl (C=O) groups excluding carboxylic acids is 1. The topological polar surface area (TPSA) is 78.9 Å². The summed E-state index contributed by atoms with van der Waals surface area (Å²) >= 11 is 0. The zero-order valence-electron chi connectivity index (χ0n) is 13.3. The molecule has 1 amide bonds.